The highest BCUT2D eigenvalue weighted by Gasteiger charge is 2.10. The van der Waals surface area contributed by atoms with Crippen molar-refractivity contribution in [1.29, 1.82) is 0 Å². The van der Waals surface area contributed by atoms with Gasteiger partial charge in [0.15, 0.2) is 0 Å². The molecule has 0 aromatic heterocycles. The monoisotopic (exact) mass is 376 g/mol. The fourth-order valence-electron chi connectivity index (χ4n) is 3.78. The number of benzene rings is 1. The van der Waals surface area contributed by atoms with Crippen molar-refractivity contribution in [3.8, 4) is 0 Å². The SMILES string of the molecule is C=C(/C=C\C(=C/C)C1=CC1)Cc1ccc2c(c1)CCCCC2.CCCCCC. The van der Waals surface area contributed by atoms with Crippen LogP contribution in [0.15, 0.2) is 65.8 Å². The van der Waals surface area contributed by atoms with Crippen LogP contribution in [0.25, 0.3) is 0 Å². The van der Waals surface area contributed by atoms with E-state index in [-0.39, 0.29) is 0 Å². The molecule has 0 heterocycles. The van der Waals surface area contributed by atoms with E-state index in [1.54, 1.807) is 11.1 Å². The molecule has 0 radical (unpaired) electrons. The summed E-state index contributed by atoms with van der Waals surface area (Å²) in [7, 11) is 0. The van der Waals surface area contributed by atoms with Gasteiger partial charge >= 0.3 is 0 Å². The highest BCUT2D eigenvalue weighted by atomic mass is 14.2. The van der Waals surface area contributed by atoms with Gasteiger partial charge in [-0.15, -0.1) is 0 Å². The van der Waals surface area contributed by atoms with Crippen LogP contribution in [0.5, 0.6) is 0 Å². The maximum absolute atomic E-state index is 4.23. The van der Waals surface area contributed by atoms with Crippen LogP contribution in [0, 0.1) is 0 Å². The van der Waals surface area contributed by atoms with Gasteiger partial charge in [0, 0.05) is 0 Å². The fraction of sp³-hybridized carbons (Fsp3) is 0.500. The van der Waals surface area contributed by atoms with E-state index in [2.05, 4.69) is 69.9 Å². The van der Waals surface area contributed by atoms with Crippen molar-refractivity contribution in [3.63, 3.8) is 0 Å². The van der Waals surface area contributed by atoms with E-state index in [1.807, 2.05) is 0 Å². The Balaban J connectivity index is 0.000000409. The second kappa shape index (κ2) is 12.6. The molecule has 0 aliphatic heterocycles. The Hall–Kier alpha value is -1.82. The molecule has 0 heteroatoms. The topological polar surface area (TPSA) is 0 Å². The lowest BCUT2D eigenvalue weighted by Crippen LogP contribution is -1.95. The maximum Gasteiger partial charge on any atom is -0.00315 e. The molecular formula is C28H40. The summed E-state index contributed by atoms with van der Waals surface area (Å²) in [6, 6.07) is 7.06. The van der Waals surface area contributed by atoms with E-state index in [0.717, 1.165) is 12.8 Å². The minimum absolute atomic E-state index is 0.958. The second-order valence-corrected chi connectivity index (χ2v) is 8.22. The summed E-state index contributed by atoms with van der Waals surface area (Å²) in [6.07, 6.45) is 23.1. The Morgan fingerprint density at radius 1 is 0.964 bits per heavy atom. The lowest BCUT2D eigenvalue weighted by molar-refractivity contribution is 0.702. The number of hydrogen-bond acceptors (Lipinski definition) is 0. The van der Waals surface area contributed by atoms with Crippen LogP contribution in [0.2, 0.25) is 0 Å². The quantitative estimate of drug-likeness (QED) is 0.242. The molecular weight excluding hydrogens is 336 g/mol. The molecule has 2 aliphatic rings. The Morgan fingerprint density at radius 2 is 1.64 bits per heavy atom. The van der Waals surface area contributed by atoms with Gasteiger partial charge in [-0.3, -0.25) is 0 Å². The van der Waals surface area contributed by atoms with Crippen molar-refractivity contribution in [2.24, 2.45) is 0 Å². The third kappa shape index (κ3) is 8.05. The number of unbranched alkanes of at least 4 members (excludes halogenated alkanes) is 3. The first kappa shape index (κ1) is 22.5. The highest BCUT2D eigenvalue weighted by molar-refractivity contribution is 5.49. The van der Waals surface area contributed by atoms with Crippen molar-refractivity contribution in [1.82, 2.24) is 0 Å². The molecule has 0 unspecified atom stereocenters. The van der Waals surface area contributed by atoms with Crippen LogP contribution in [0.1, 0.15) is 88.8 Å². The van der Waals surface area contributed by atoms with Gasteiger partial charge in [0.05, 0.1) is 0 Å². The van der Waals surface area contributed by atoms with Gasteiger partial charge in [-0.2, -0.15) is 0 Å². The Morgan fingerprint density at radius 3 is 2.25 bits per heavy atom. The first-order valence-electron chi connectivity index (χ1n) is 11.5. The van der Waals surface area contributed by atoms with Gasteiger partial charge in [-0.05, 0) is 73.3 Å². The zero-order chi connectivity index (χ0) is 20.2. The molecule has 1 aromatic carbocycles. The summed E-state index contributed by atoms with van der Waals surface area (Å²) in [4.78, 5) is 0. The molecule has 28 heavy (non-hydrogen) atoms. The molecule has 0 saturated carbocycles. The molecule has 0 spiro atoms. The van der Waals surface area contributed by atoms with Crippen molar-refractivity contribution >= 4 is 0 Å². The zero-order valence-electron chi connectivity index (χ0n) is 18.5. The van der Waals surface area contributed by atoms with E-state index in [4.69, 9.17) is 0 Å². The van der Waals surface area contributed by atoms with Crippen molar-refractivity contribution < 1.29 is 0 Å². The van der Waals surface area contributed by atoms with Gasteiger partial charge < -0.3 is 0 Å². The summed E-state index contributed by atoms with van der Waals surface area (Å²) < 4.78 is 0. The normalized spacial score (nSPS) is 16.0. The van der Waals surface area contributed by atoms with E-state index in [9.17, 15) is 0 Å². The van der Waals surface area contributed by atoms with Gasteiger partial charge in [-0.25, -0.2) is 0 Å². The highest BCUT2D eigenvalue weighted by Crippen LogP contribution is 2.28. The Labute approximate surface area is 174 Å². The summed E-state index contributed by atoms with van der Waals surface area (Å²) in [6.45, 7) is 10.8. The summed E-state index contributed by atoms with van der Waals surface area (Å²) >= 11 is 0. The standard InChI is InChI=1S/C22H26.C6H14/c1-3-19(21-13-14-21)11-9-17(2)15-18-10-12-20-7-5-4-6-8-22(20)16-18;1-3-5-6-4-2/h3,9-13,16H,2,4-8,14-15H2,1H3;3-6H2,1-2H3/b11-9-,19-3+;. The van der Waals surface area contributed by atoms with E-state index in [0.29, 0.717) is 0 Å². The number of allylic oxidation sites excluding steroid dienone is 7. The van der Waals surface area contributed by atoms with Crippen molar-refractivity contribution in [2.45, 2.75) is 91.4 Å². The average molecular weight is 377 g/mol. The average Bonchev–Trinajstić information content (AvgIpc) is 3.54. The van der Waals surface area contributed by atoms with Crippen LogP contribution in [0.4, 0.5) is 0 Å². The second-order valence-electron chi connectivity index (χ2n) is 8.22. The minimum Gasteiger partial charge on any atom is -0.0955 e. The van der Waals surface area contributed by atoms with Gasteiger partial charge in [-0.1, -0.05) is 101 Å². The van der Waals surface area contributed by atoms with Crippen LogP contribution in [-0.2, 0) is 19.3 Å². The number of rotatable bonds is 8. The summed E-state index contributed by atoms with van der Waals surface area (Å²) in [5.41, 5.74) is 8.56. The van der Waals surface area contributed by atoms with Crippen molar-refractivity contribution in [3.05, 3.63) is 82.5 Å². The molecule has 152 valence electrons. The lowest BCUT2D eigenvalue weighted by Gasteiger charge is -2.09. The maximum atomic E-state index is 4.23. The molecule has 0 saturated heterocycles. The third-order valence-electron chi connectivity index (χ3n) is 5.64. The predicted molar refractivity (Wildman–Crippen MR) is 126 cm³/mol. The molecule has 0 nitrogen and oxygen atoms in total. The molecule has 0 atom stereocenters. The predicted octanol–water partition coefficient (Wildman–Crippen LogP) is 8.47. The fourth-order valence-corrected chi connectivity index (χ4v) is 3.78. The minimum atomic E-state index is 0.958. The summed E-state index contributed by atoms with van der Waals surface area (Å²) in [5, 5.41) is 0. The first-order valence-corrected chi connectivity index (χ1v) is 11.5. The molecule has 0 bridgehead atoms. The largest absolute Gasteiger partial charge is 0.0955 e. The molecule has 3 rings (SSSR count). The van der Waals surface area contributed by atoms with Crippen molar-refractivity contribution in [2.75, 3.05) is 0 Å². The molecule has 0 N–H and O–H groups in total. The number of aryl methyl sites for hydroxylation is 2. The third-order valence-corrected chi connectivity index (χ3v) is 5.64. The molecule has 1 aromatic rings. The zero-order valence-corrected chi connectivity index (χ0v) is 18.5. The number of hydrogen-bond donors (Lipinski definition) is 0. The van der Waals surface area contributed by atoms with Gasteiger partial charge in [0.25, 0.3) is 0 Å². The first-order chi connectivity index (χ1) is 13.7. The molecule has 0 amide bonds. The van der Waals surface area contributed by atoms with Crippen LogP contribution in [0.3, 0.4) is 0 Å². The van der Waals surface area contributed by atoms with Gasteiger partial charge in [0.2, 0.25) is 0 Å². The van der Waals surface area contributed by atoms with Crippen LogP contribution in [-0.4, -0.2) is 0 Å². The number of fused-ring (bicyclic) bond motifs is 1. The van der Waals surface area contributed by atoms with E-state index < -0.39 is 0 Å². The Bertz CT molecular complexity index is 708. The smallest absolute Gasteiger partial charge is 0.00315 e. The van der Waals surface area contributed by atoms with E-state index >= 15 is 0 Å². The van der Waals surface area contributed by atoms with Crippen LogP contribution < -0.4 is 0 Å². The van der Waals surface area contributed by atoms with Gasteiger partial charge in [0.1, 0.15) is 0 Å². The van der Waals surface area contributed by atoms with E-state index in [1.165, 1.54) is 80.1 Å². The summed E-state index contributed by atoms with van der Waals surface area (Å²) in [5.74, 6) is 0. The molecule has 2 aliphatic carbocycles. The van der Waals surface area contributed by atoms with Crippen LogP contribution >= 0.6 is 0 Å². The lowest BCUT2D eigenvalue weighted by atomic mass is 9.97. The Kier molecular flexibility index (Phi) is 10.1. The molecule has 0 fully saturated rings.